The summed E-state index contributed by atoms with van der Waals surface area (Å²) in [5, 5.41) is 44.6. The number of carbonyl (C=O) groups is 3. The summed E-state index contributed by atoms with van der Waals surface area (Å²) in [4.78, 5) is 39.1. The number of fused-ring (bicyclic) bond motifs is 15. The molecule has 12 aliphatic rings. The second-order valence-corrected chi connectivity index (χ2v) is 37.5. The lowest BCUT2D eigenvalue weighted by atomic mass is 9.44. The molecule has 0 radical (unpaired) electrons. The predicted molar refractivity (Wildman–Crippen MR) is 371 cm³/mol. The van der Waals surface area contributed by atoms with E-state index in [2.05, 4.69) is 72.8 Å². The normalized spacial score (nSPS) is 44.3. The highest BCUT2D eigenvalue weighted by Crippen LogP contribution is 2.72. The molecule has 0 saturated heterocycles. The van der Waals surface area contributed by atoms with E-state index in [0.717, 1.165) is 174 Å². The Hall–Kier alpha value is -3.63. The average Bonchev–Trinajstić information content (AvgIpc) is 1.71. The molecule has 0 amide bonds. The molecule has 568 valence electrons. The van der Waals surface area contributed by atoms with E-state index < -0.39 is 52.4 Å². The highest BCUT2D eigenvalue weighted by molar-refractivity contribution is 9.09. The Kier molecular flexibility index (Phi) is 21.6. The van der Waals surface area contributed by atoms with Gasteiger partial charge in [0.15, 0.2) is 23.0 Å². The number of nitrogens with one attached hydrogen (secondary N) is 1. The van der Waals surface area contributed by atoms with Crippen LogP contribution in [0.1, 0.15) is 260 Å². The molecule has 0 unspecified atom stereocenters. The van der Waals surface area contributed by atoms with Crippen LogP contribution in [-0.2, 0) is 46.0 Å². The van der Waals surface area contributed by atoms with Crippen molar-refractivity contribution in [1.29, 1.82) is 0 Å². The molecule has 15 rings (SSSR count). The van der Waals surface area contributed by atoms with Crippen LogP contribution in [0.3, 0.4) is 0 Å². The summed E-state index contributed by atoms with van der Waals surface area (Å²) in [6, 6.07) is 2.76. The summed E-state index contributed by atoms with van der Waals surface area (Å²) in [5.41, 5.74) is -3.14. The average molecular weight is 1500 g/mol. The first-order valence-electron chi connectivity index (χ1n) is 38.1. The van der Waals surface area contributed by atoms with E-state index >= 15 is 0 Å². The first kappa shape index (κ1) is 78.4. The third-order valence-electron chi connectivity index (χ3n) is 31.5. The van der Waals surface area contributed by atoms with Gasteiger partial charge in [0.2, 0.25) is 0 Å². The third-order valence-corrected chi connectivity index (χ3v) is 32.0. The monoisotopic (exact) mass is 1490 g/mol. The summed E-state index contributed by atoms with van der Waals surface area (Å²) < 4.78 is 114. The smallest absolute Gasteiger partial charge is 0.390 e. The van der Waals surface area contributed by atoms with Crippen LogP contribution >= 0.6 is 15.9 Å². The zero-order chi connectivity index (χ0) is 72.6. The first-order chi connectivity index (χ1) is 46.5. The van der Waals surface area contributed by atoms with Crippen molar-refractivity contribution in [2.24, 2.45) is 121 Å². The number of ketones is 3. The maximum absolute atomic E-state index is 13.3. The molecular weight excluding hydrogens is 1380 g/mol. The summed E-state index contributed by atoms with van der Waals surface area (Å²) in [6.07, 6.45) is 19.4. The van der Waals surface area contributed by atoms with Crippen LogP contribution < -0.4 is 0 Å². The molecule has 0 bridgehead atoms. The molecule has 0 spiro atoms. The molecule has 3 heterocycles. The van der Waals surface area contributed by atoms with Gasteiger partial charge in [-0.15, -0.1) is 0 Å². The van der Waals surface area contributed by atoms with Crippen molar-refractivity contribution in [3.8, 4) is 0 Å². The number of alkyl halides is 10. The number of hydrogen-bond donors (Lipinski definition) is 4. The summed E-state index contributed by atoms with van der Waals surface area (Å²) in [5.74, 6) is 8.39. The van der Waals surface area contributed by atoms with Crippen molar-refractivity contribution in [2.75, 3.05) is 5.33 Å². The Morgan fingerprint density at radius 1 is 0.436 bits per heavy atom. The van der Waals surface area contributed by atoms with Gasteiger partial charge < -0.3 is 15.3 Å². The topological polar surface area (TPSA) is 176 Å². The Morgan fingerprint density at radius 3 is 1.02 bits per heavy atom. The van der Waals surface area contributed by atoms with Gasteiger partial charge in [-0.2, -0.15) is 54.8 Å². The number of carbonyl (C=O) groups excluding carboxylic acids is 3. The molecule has 0 aliphatic heterocycles. The Bertz CT molecular complexity index is 3270. The van der Waals surface area contributed by atoms with Crippen LogP contribution in [0.25, 0.3) is 0 Å². The lowest BCUT2D eigenvalue weighted by molar-refractivity contribution is -0.151. The molecule has 12 saturated carbocycles. The zero-order valence-corrected chi connectivity index (χ0v) is 62.0. The van der Waals surface area contributed by atoms with E-state index in [1.807, 2.05) is 20.8 Å². The fraction of sp³-hybridized carbons (Fsp3) is 0.848. The maximum atomic E-state index is 13.3. The molecule has 3 aromatic rings. The molecular formula is C79H116BrF9N6O6. The fourth-order valence-corrected chi connectivity index (χ4v) is 26.5. The number of aromatic nitrogens is 6. The number of nitrogens with zero attached hydrogens (tertiary/aromatic N) is 5. The summed E-state index contributed by atoms with van der Waals surface area (Å²) in [7, 11) is 0. The standard InChI is InChI=1S/2C26H37F3N2O2.C22H35BrO2.C4H3F3N2.CH4/c2*1-23(33)11-12-24(2)16(14-23)4-5-17-18-6-7-20(25(18,3)10-8-19(17)24)21(32)15-31-13-9-22(30-31)26(27,28)29;1-20(25)10-11-21(2)14(12-20)4-5-15-16-6-7-18(19(24)13-23)22(16,3)9-8-17(15)21;5-4(6,7)3-1-2-8-9-3;/h2*9,13,16-20,33H,4-8,10-12,14-15H2,1-3H3;14-18,25H,4-13H2,1-3H3;1-2H,(H,8,9);1H4/t16-,17+,18+,19+,20+,23-,24+,25+;16-,17+,18+,19+,20-,23-,24+,25+;14-,15+,16+,17+,18-,20-,21+,22+;;/m111../s1. The predicted octanol–water partition coefficient (Wildman–Crippen LogP) is 19.2. The minimum atomic E-state index is -4.49. The fourth-order valence-electron chi connectivity index (χ4n) is 26.1. The minimum Gasteiger partial charge on any atom is -0.390 e. The number of halogens is 10. The van der Waals surface area contributed by atoms with Crippen molar-refractivity contribution in [1.82, 2.24) is 29.8 Å². The van der Waals surface area contributed by atoms with E-state index in [-0.39, 0.29) is 76.9 Å². The highest BCUT2D eigenvalue weighted by atomic mass is 79.9. The van der Waals surface area contributed by atoms with Crippen LogP contribution in [0.15, 0.2) is 36.8 Å². The van der Waals surface area contributed by atoms with E-state index in [1.165, 1.54) is 63.8 Å². The van der Waals surface area contributed by atoms with Gasteiger partial charge >= 0.3 is 18.5 Å². The molecule has 101 heavy (non-hydrogen) atoms. The Morgan fingerprint density at radius 2 is 0.752 bits per heavy atom. The first-order valence-corrected chi connectivity index (χ1v) is 39.2. The second-order valence-electron chi connectivity index (χ2n) is 36.9. The van der Waals surface area contributed by atoms with E-state index in [9.17, 15) is 69.2 Å². The van der Waals surface area contributed by atoms with Gasteiger partial charge in [0.1, 0.15) is 11.5 Å². The SMILES string of the molecule is C.C[C@@]1(O)CC[C@@]2(C)[C@H](CC[C@@H]3[C@@H]2CC[C@]2(C)[C@@H](C(=O)CBr)CC[C@@H]32)C1.C[C@@]1(O)CC[C@@]2(C)[C@H](CC[C@@H]3[C@@H]2CC[C@]2(C)[C@@H](C(=O)Cn4ccc(C(F)(F)F)n4)CC[C@@H]32)C1.C[C@@]1(O)CC[C@@]2(C)[C@H](CC[C@@H]3[C@@H]2CC[C@]2(C)[C@H](C(=O)Cn4ccc(C(F)(F)F)n4)CC[C@@H]32)C1.FC(F)(F)c1ccn[nH]1. The van der Waals surface area contributed by atoms with Crippen molar-refractivity contribution < 1.29 is 69.2 Å². The number of hydrogen-bond acceptors (Lipinski definition) is 9. The van der Waals surface area contributed by atoms with Crippen molar-refractivity contribution in [2.45, 2.75) is 292 Å². The Balaban J connectivity index is 0.000000144. The molecule has 12 aliphatic carbocycles. The van der Waals surface area contributed by atoms with Crippen molar-refractivity contribution >= 4 is 33.3 Å². The minimum absolute atomic E-state index is 0. The maximum Gasteiger partial charge on any atom is 0.435 e. The van der Waals surface area contributed by atoms with Gasteiger partial charge in [0.25, 0.3) is 0 Å². The Labute approximate surface area is 601 Å². The van der Waals surface area contributed by atoms with Crippen LogP contribution in [-0.4, -0.2) is 84.6 Å². The number of aromatic amines is 1. The number of rotatable bonds is 8. The number of Topliss-reactive ketones (excluding diaryl/α,β-unsaturated/α-hetero) is 3. The van der Waals surface area contributed by atoms with Crippen molar-refractivity contribution in [3.05, 3.63) is 53.9 Å². The third kappa shape index (κ3) is 14.7. The van der Waals surface area contributed by atoms with Crippen LogP contribution in [0.5, 0.6) is 0 Å². The molecule has 12 fully saturated rings. The lowest BCUT2D eigenvalue weighted by Gasteiger charge is -2.61. The van der Waals surface area contributed by atoms with E-state index in [4.69, 9.17) is 0 Å². The van der Waals surface area contributed by atoms with Crippen LogP contribution in [0, 0.1) is 121 Å². The van der Waals surface area contributed by atoms with E-state index in [0.29, 0.717) is 69.8 Å². The molecule has 0 aromatic carbocycles. The van der Waals surface area contributed by atoms with Gasteiger partial charge in [0.05, 0.1) is 35.2 Å². The molecule has 4 N–H and O–H groups in total. The molecule has 24 atom stereocenters. The van der Waals surface area contributed by atoms with Crippen molar-refractivity contribution in [3.63, 3.8) is 0 Å². The summed E-state index contributed by atoms with van der Waals surface area (Å²) >= 11 is 3.43. The lowest BCUT2D eigenvalue weighted by Crippen LogP contribution is -2.55. The largest absolute Gasteiger partial charge is 0.435 e. The van der Waals surface area contributed by atoms with Gasteiger partial charge in [-0.05, 0) is 316 Å². The number of H-pyrrole nitrogens is 1. The van der Waals surface area contributed by atoms with Gasteiger partial charge in [0, 0.05) is 36.3 Å². The van der Waals surface area contributed by atoms with Gasteiger partial charge in [-0.3, -0.25) is 28.8 Å². The van der Waals surface area contributed by atoms with Crippen LogP contribution in [0.2, 0.25) is 0 Å². The van der Waals surface area contributed by atoms with Crippen LogP contribution in [0.4, 0.5) is 39.5 Å². The number of aliphatic hydroxyl groups is 3. The highest BCUT2D eigenvalue weighted by Gasteiger charge is 2.66. The molecule has 3 aromatic heterocycles. The quantitative estimate of drug-likeness (QED) is 0.126. The molecule has 22 heteroatoms. The van der Waals surface area contributed by atoms with Gasteiger partial charge in [-0.25, -0.2) is 0 Å². The second kappa shape index (κ2) is 27.9. The molecule has 12 nitrogen and oxygen atoms in total. The van der Waals surface area contributed by atoms with E-state index in [1.54, 1.807) is 5.10 Å². The summed E-state index contributed by atoms with van der Waals surface area (Å²) in [6.45, 7) is 20.3. The zero-order valence-electron chi connectivity index (χ0n) is 60.4. The van der Waals surface area contributed by atoms with Gasteiger partial charge in [-0.1, -0.05) is 64.9 Å².